The standard InChI is InChI=1S/C15H18FN3/c1-4-7-17-14-9-11(3)18-15(19-14)12-5-6-13(16)10(2)8-12/h5-6,8-9H,4,7H2,1-3H3,(H,17,18,19). The topological polar surface area (TPSA) is 37.8 Å². The fraction of sp³-hybridized carbons (Fsp3) is 0.333. The number of rotatable bonds is 4. The predicted octanol–water partition coefficient (Wildman–Crippen LogP) is 3.72. The van der Waals surface area contributed by atoms with Gasteiger partial charge < -0.3 is 5.32 Å². The van der Waals surface area contributed by atoms with Gasteiger partial charge in [-0.3, -0.25) is 0 Å². The van der Waals surface area contributed by atoms with Gasteiger partial charge in [-0.05, 0) is 44.0 Å². The Kier molecular flexibility index (Phi) is 4.10. The first-order chi connectivity index (χ1) is 9.10. The van der Waals surface area contributed by atoms with Gasteiger partial charge in [-0.15, -0.1) is 0 Å². The van der Waals surface area contributed by atoms with Gasteiger partial charge in [0, 0.05) is 23.9 Å². The molecule has 2 aromatic rings. The number of aryl methyl sites for hydroxylation is 2. The lowest BCUT2D eigenvalue weighted by Gasteiger charge is -2.08. The van der Waals surface area contributed by atoms with Crippen LogP contribution in [0.4, 0.5) is 10.2 Å². The molecule has 100 valence electrons. The van der Waals surface area contributed by atoms with E-state index in [0.29, 0.717) is 11.4 Å². The number of halogens is 1. The largest absolute Gasteiger partial charge is 0.370 e. The van der Waals surface area contributed by atoms with Crippen LogP contribution in [0.15, 0.2) is 24.3 Å². The van der Waals surface area contributed by atoms with Crippen molar-refractivity contribution in [2.45, 2.75) is 27.2 Å². The highest BCUT2D eigenvalue weighted by Crippen LogP contribution is 2.20. The third-order valence-electron chi connectivity index (χ3n) is 2.83. The number of aromatic nitrogens is 2. The minimum absolute atomic E-state index is 0.208. The lowest BCUT2D eigenvalue weighted by Crippen LogP contribution is -2.04. The van der Waals surface area contributed by atoms with Crippen LogP contribution < -0.4 is 5.32 Å². The van der Waals surface area contributed by atoms with Crippen molar-refractivity contribution in [1.82, 2.24) is 9.97 Å². The van der Waals surface area contributed by atoms with E-state index >= 15 is 0 Å². The fourth-order valence-electron chi connectivity index (χ4n) is 1.83. The quantitative estimate of drug-likeness (QED) is 0.909. The van der Waals surface area contributed by atoms with Crippen molar-refractivity contribution < 1.29 is 4.39 Å². The van der Waals surface area contributed by atoms with Gasteiger partial charge in [0.05, 0.1) is 0 Å². The highest BCUT2D eigenvalue weighted by atomic mass is 19.1. The Morgan fingerprint density at radius 1 is 1.16 bits per heavy atom. The molecule has 0 atom stereocenters. The third-order valence-corrected chi connectivity index (χ3v) is 2.83. The summed E-state index contributed by atoms with van der Waals surface area (Å²) in [7, 11) is 0. The van der Waals surface area contributed by atoms with Gasteiger partial charge in [0.1, 0.15) is 11.6 Å². The first-order valence-corrected chi connectivity index (χ1v) is 6.46. The van der Waals surface area contributed by atoms with Crippen molar-refractivity contribution in [2.75, 3.05) is 11.9 Å². The number of anilines is 1. The Labute approximate surface area is 112 Å². The Morgan fingerprint density at radius 3 is 2.63 bits per heavy atom. The minimum atomic E-state index is -0.208. The lowest BCUT2D eigenvalue weighted by molar-refractivity contribution is 0.618. The summed E-state index contributed by atoms with van der Waals surface area (Å²) >= 11 is 0. The van der Waals surface area contributed by atoms with Gasteiger partial charge in [0.15, 0.2) is 5.82 Å². The third kappa shape index (κ3) is 3.28. The van der Waals surface area contributed by atoms with Crippen LogP contribution in [0.25, 0.3) is 11.4 Å². The zero-order chi connectivity index (χ0) is 13.8. The summed E-state index contributed by atoms with van der Waals surface area (Å²) in [6.07, 6.45) is 1.04. The molecule has 0 aliphatic rings. The summed E-state index contributed by atoms with van der Waals surface area (Å²) in [5.74, 6) is 1.23. The van der Waals surface area contributed by atoms with E-state index in [1.807, 2.05) is 13.0 Å². The van der Waals surface area contributed by atoms with E-state index in [1.54, 1.807) is 19.1 Å². The zero-order valence-electron chi connectivity index (χ0n) is 11.5. The molecular weight excluding hydrogens is 241 g/mol. The summed E-state index contributed by atoms with van der Waals surface area (Å²) in [6, 6.07) is 6.85. The van der Waals surface area contributed by atoms with Gasteiger partial charge in [0.2, 0.25) is 0 Å². The second-order valence-electron chi connectivity index (χ2n) is 4.61. The van der Waals surface area contributed by atoms with Crippen molar-refractivity contribution >= 4 is 5.82 Å². The molecule has 0 saturated carbocycles. The van der Waals surface area contributed by atoms with Crippen LogP contribution in [0.2, 0.25) is 0 Å². The van der Waals surface area contributed by atoms with E-state index in [2.05, 4.69) is 22.2 Å². The van der Waals surface area contributed by atoms with Crippen molar-refractivity contribution in [1.29, 1.82) is 0 Å². The molecule has 0 unspecified atom stereocenters. The van der Waals surface area contributed by atoms with Crippen molar-refractivity contribution in [2.24, 2.45) is 0 Å². The number of hydrogen-bond donors (Lipinski definition) is 1. The maximum absolute atomic E-state index is 13.3. The molecule has 1 N–H and O–H groups in total. The smallest absolute Gasteiger partial charge is 0.161 e. The van der Waals surface area contributed by atoms with Crippen LogP contribution in [-0.4, -0.2) is 16.5 Å². The summed E-state index contributed by atoms with van der Waals surface area (Å²) in [5, 5.41) is 3.25. The summed E-state index contributed by atoms with van der Waals surface area (Å²) in [5.41, 5.74) is 2.33. The molecular formula is C15H18FN3. The number of nitrogens with zero attached hydrogens (tertiary/aromatic N) is 2. The first kappa shape index (κ1) is 13.5. The Hall–Kier alpha value is -1.97. The number of benzene rings is 1. The van der Waals surface area contributed by atoms with Crippen LogP contribution >= 0.6 is 0 Å². The molecule has 1 aromatic heterocycles. The normalized spacial score (nSPS) is 10.5. The predicted molar refractivity (Wildman–Crippen MR) is 75.7 cm³/mol. The van der Waals surface area contributed by atoms with Gasteiger partial charge in [-0.2, -0.15) is 0 Å². The molecule has 0 saturated heterocycles. The van der Waals surface area contributed by atoms with Crippen molar-refractivity contribution in [3.05, 3.63) is 41.3 Å². The SMILES string of the molecule is CCCNc1cc(C)nc(-c2ccc(F)c(C)c2)n1. The maximum Gasteiger partial charge on any atom is 0.161 e. The van der Waals surface area contributed by atoms with Crippen LogP contribution in [0.3, 0.4) is 0 Å². The Morgan fingerprint density at radius 2 is 1.95 bits per heavy atom. The molecule has 1 aromatic carbocycles. The number of nitrogens with one attached hydrogen (secondary N) is 1. The average Bonchev–Trinajstić information content (AvgIpc) is 2.39. The van der Waals surface area contributed by atoms with Crippen LogP contribution in [-0.2, 0) is 0 Å². The monoisotopic (exact) mass is 259 g/mol. The maximum atomic E-state index is 13.3. The molecule has 0 aliphatic carbocycles. The summed E-state index contributed by atoms with van der Waals surface area (Å²) in [6.45, 7) is 6.65. The van der Waals surface area contributed by atoms with E-state index in [-0.39, 0.29) is 5.82 Å². The zero-order valence-corrected chi connectivity index (χ0v) is 11.5. The lowest BCUT2D eigenvalue weighted by atomic mass is 10.1. The molecule has 0 amide bonds. The average molecular weight is 259 g/mol. The molecule has 4 heteroatoms. The molecule has 0 bridgehead atoms. The highest BCUT2D eigenvalue weighted by molar-refractivity contribution is 5.58. The first-order valence-electron chi connectivity index (χ1n) is 6.46. The minimum Gasteiger partial charge on any atom is -0.370 e. The van der Waals surface area contributed by atoms with E-state index in [9.17, 15) is 4.39 Å². The van der Waals surface area contributed by atoms with Crippen molar-refractivity contribution in [3.63, 3.8) is 0 Å². The van der Waals surface area contributed by atoms with Crippen LogP contribution in [0.1, 0.15) is 24.6 Å². The van der Waals surface area contributed by atoms with Gasteiger partial charge in [-0.25, -0.2) is 14.4 Å². The molecule has 0 radical (unpaired) electrons. The summed E-state index contributed by atoms with van der Waals surface area (Å²) < 4.78 is 13.3. The van der Waals surface area contributed by atoms with E-state index in [0.717, 1.165) is 30.0 Å². The van der Waals surface area contributed by atoms with Crippen LogP contribution in [0, 0.1) is 19.7 Å². The number of hydrogen-bond acceptors (Lipinski definition) is 3. The Balaban J connectivity index is 2.37. The van der Waals surface area contributed by atoms with E-state index in [1.165, 1.54) is 6.07 Å². The highest BCUT2D eigenvalue weighted by Gasteiger charge is 2.07. The molecule has 19 heavy (non-hydrogen) atoms. The molecule has 0 fully saturated rings. The van der Waals surface area contributed by atoms with Gasteiger partial charge in [0.25, 0.3) is 0 Å². The van der Waals surface area contributed by atoms with Gasteiger partial charge >= 0.3 is 0 Å². The molecule has 0 aliphatic heterocycles. The Bertz CT molecular complexity index is 582. The van der Waals surface area contributed by atoms with E-state index in [4.69, 9.17) is 0 Å². The second kappa shape index (κ2) is 5.78. The molecule has 3 nitrogen and oxygen atoms in total. The van der Waals surface area contributed by atoms with Crippen LogP contribution in [0.5, 0.6) is 0 Å². The fourth-order valence-corrected chi connectivity index (χ4v) is 1.83. The second-order valence-corrected chi connectivity index (χ2v) is 4.61. The van der Waals surface area contributed by atoms with E-state index < -0.39 is 0 Å². The molecule has 2 rings (SSSR count). The van der Waals surface area contributed by atoms with Crippen molar-refractivity contribution in [3.8, 4) is 11.4 Å². The summed E-state index contributed by atoms with van der Waals surface area (Å²) in [4.78, 5) is 8.88. The molecule has 1 heterocycles. The van der Waals surface area contributed by atoms with Gasteiger partial charge in [-0.1, -0.05) is 6.92 Å². The molecule has 0 spiro atoms.